The molecule has 144 valence electrons. The van der Waals surface area contributed by atoms with Crippen LogP contribution in [0.1, 0.15) is 34.1 Å². The molecule has 4 heterocycles. The third-order valence-electron chi connectivity index (χ3n) is 5.98. The summed E-state index contributed by atoms with van der Waals surface area (Å²) in [4.78, 5) is 37.2. The molecule has 4 rings (SSSR count). The Morgan fingerprint density at radius 2 is 2.00 bits per heavy atom. The Bertz CT molecular complexity index is 837. The van der Waals surface area contributed by atoms with Gasteiger partial charge in [-0.15, -0.1) is 0 Å². The fourth-order valence-corrected chi connectivity index (χ4v) is 3.87. The van der Waals surface area contributed by atoms with Gasteiger partial charge in [-0.25, -0.2) is 9.59 Å². The van der Waals surface area contributed by atoms with Crippen LogP contribution in [-0.2, 0) is 33.3 Å². The Labute approximate surface area is 157 Å². The van der Waals surface area contributed by atoms with Crippen molar-refractivity contribution in [2.75, 3.05) is 0 Å². The molecular formula is C20H22O7. The SMILES string of the molecule is C=C1C(=O)O[C@@H]2C[C@]3(C)OC(=CC3=O)/C(C)=C/[C@@H](OC(=O)[C@@]3(C)O[C@@H]3C)[C@@H]12. The summed E-state index contributed by atoms with van der Waals surface area (Å²) >= 11 is 0. The highest BCUT2D eigenvalue weighted by atomic mass is 16.7. The van der Waals surface area contributed by atoms with Gasteiger partial charge in [-0.1, -0.05) is 6.58 Å². The molecule has 0 unspecified atom stereocenters. The smallest absolute Gasteiger partial charge is 0.341 e. The summed E-state index contributed by atoms with van der Waals surface area (Å²) in [6.45, 7) is 10.7. The number of ketones is 1. The minimum Gasteiger partial charge on any atom is -0.479 e. The lowest BCUT2D eigenvalue weighted by Crippen LogP contribution is -2.42. The molecule has 7 heteroatoms. The van der Waals surface area contributed by atoms with Crippen LogP contribution < -0.4 is 0 Å². The zero-order valence-electron chi connectivity index (χ0n) is 15.7. The molecule has 0 aromatic heterocycles. The molecule has 2 fully saturated rings. The Morgan fingerprint density at radius 1 is 1.33 bits per heavy atom. The molecule has 2 saturated heterocycles. The lowest BCUT2D eigenvalue weighted by molar-refractivity contribution is -0.156. The van der Waals surface area contributed by atoms with Gasteiger partial charge in [-0.3, -0.25) is 4.79 Å². The Hall–Kier alpha value is -2.41. The van der Waals surface area contributed by atoms with E-state index in [1.807, 2.05) is 0 Å². The molecule has 0 aromatic rings. The largest absolute Gasteiger partial charge is 0.479 e. The Kier molecular flexibility index (Phi) is 3.69. The molecule has 2 bridgehead atoms. The number of ether oxygens (including phenoxy) is 4. The molecule has 0 aliphatic carbocycles. The van der Waals surface area contributed by atoms with Crippen LogP contribution in [0.3, 0.4) is 0 Å². The maximum Gasteiger partial charge on any atom is 0.341 e. The van der Waals surface area contributed by atoms with E-state index in [-0.39, 0.29) is 23.9 Å². The molecular weight excluding hydrogens is 352 g/mol. The molecule has 0 radical (unpaired) electrons. The van der Waals surface area contributed by atoms with Crippen LogP contribution >= 0.6 is 0 Å². The van der Waals surface area contributed by atoms with Crippen molar-refractivity contribution in [2.45, 2.75) is 63.6 Å². The highest BCUT2D eigenvalue weighted by Gasteiger charge is 2.59. The topological polar surface area (TPSA) is 91.4 Å². The summed E-state index contributed by atoms with van der Waals surface area (Å²) in [5.41, 5.74) is -1.25. The van der Waals surface area contributed by atoms with Crippen LogP contribution in [0.4, 0.5) is 0 Å². The minimum absolute atomic E-state index is 0.153. The van der Waals surface area contributed by atoms with Crippen LogP contribution in [0.25, 0.3) is 0 Å². The number of hydrogen-bond acceptors (Lipinski definition) is 7. The summed E-state index contributed by atoms with van der Waals surface area (Å²) < 4.78 is 22.4. The average molecular weight is 374 g/mol. The standard InChI is InChI=1S/C20H22O7/c1-9-6-13(25-18(23)20(5)11(3)26-20)16-10(2)17(22)24-14(16)8-19(4)15(21)7-12(9)27-19/h6-7,11,13-14,16H,2,8H2,1,3-5H3/b9-6+/t11-,13-,14-,16-,19+,20+/m1/s1. The number of epoxide rings is 1. The monoisotopic (exact) mass is 374 g/mol. The number of hydrogen-bond donors (Lipinski definition) is 0. The Balaban J connectivity index is 1.73. The van der Waals surface area contributed by atoms with Crippen molar-refractivity contribution in [1.82, 2.24) is 0 Å². The normalized spacial score (nSPS) is 44.7. The van der Waals surface area contributed by atoms with Gasteiger partial charge in [0, 0.05) is 18.1 Å². The predicted molar refractivity (Wildman–Crippen MR) is 92.3 cm³/mol. The second-order valence-electron chi connectivity index (χ2n) is 7.99. The highest BCUT2D eigenvalue weighted by molar-refractivity contribution is 6.00. The van der Waals surface area contributed by atoms with Crippen molar-refractivity contribution in [2.24, 2.45) is 5.92 Å². The van der Waals surface area contributed by atoms with Crippen molar-refractivity contribution in [3.05, 3.63) is 35.6 Å². The zero-order chi connectivity index (χ0) is 19.7. The predicted octanol–water partition coefficient (Wildman–Crippen LogP) is 1.77. The molecule has 27 heavy (non-hydrogen) atoms. The number of allylic oxidation sites excluding steroid dienone is 1. The van der Waals surface area contributed by atoms with Crippen molar-refractivity contribution in [1.29, 1.82) is 0 Å². The van der Waals surface area contributed by atoms with Crippen LogP contribution in [0.15, 0.2) is 35.6 Å². The van der Waals surface area contributed by atoms with E-state index in [4.69, 9.17) is 18.9 Å². The Morgan fingerprint density at radius 3 is 2.63 bits per heavy atom. The van der Waals surface area contributed by atoms with E-state index in [2.05, 4.69) is 6.58 Å². The van der Waals surface area contributed by atoms with Crippen LogP contribution in [-0.4, -0.2) is 47.2 Å². The van der Waals surface area contributed by atoms with Gasteiger partial charge < -0.3 is 18.9 Å². The maximum absolute atomic E-state index is 12.6. The summed E-state index contributed by atoms with van der Waals surface area (Å²) in [6, 6.07) is 0. The molecule has 0 saturated carbocycles. The van der Waals surface area contributed by atoms with Crippen molar-refractivity contribution in [3.63, 3.8) is 0 Å². The van der Waals surface area contributed by atoms with E-state index in [0.29, 0.717) is 11.3 Å². The third kappa shape index (κ3) is 2.64. The fourth-order valence-electron chi connectivity index (χ4n) is 3.87. The van der Waals surface area contributed by atoms with Gasteiger partial charge in [-0.05, 0) is 39.3 Å². The molecule has 0 aromatic carbocycles. The minimum atomic E-state index is -1.13. The van der Waals surface area contributed by atoms with Crippen LogP contribution in [0.5, 0.6) is 0 Å². The van der Waals surface area contributed by atoms with E-state index in [9.17, 15) is 14.4 Å². The van der Waals surface area contributed by atoms with E-state index in [1.54, 1.807) is 33.8 Å². The summed E-state index contributed by atoms with van der Waals surface area (Å²) in [6.07, 6.45) is 1.58. The average Bonchev–Trinajstić information content (AvgIpc) is 2.94. The van der Waals surface area contributed by atoms with Crippen LogP contribution in [0, 0.1) is 5.92 Å². The molecule has 4 aliphatic rings. The van der Waals surface area contributed by atoms with Gasteiger partial charge in [0.15, 0.2) is 11.2 Å². The summed E-state index contributed by atoms with van der Waals surface area (Å²) in [5, 5.41) is 0. The first-order valence-electron chi connectivity index (χ1n) is 8.98. The van der Waals surface area contributed by atoms with E-state index >= 15 is 0 Å². The first-order chi connectivity index (χ1) is 12.5. The third-order valence-corrected chi connectivity index (χ3v) is 5.98. The van der Waals surface area contributed by atoms with Gasteiger partial charge in [0.05, 0.1) is 12.0 Å². The second kappa shape index (κ2) is 5.55. The number of carbonyl (C=O) groups excluding carboxylic acids is 3. The van der Waals surface area contributed by atoms with Crippen LogP contribution in [0.2, 0.25) is 0 Å². The van der Waals surface area contributed by atoms with Crippen molar-refractivity contribution < 1.29 is 33.3 Å². The van der Waals surface area contributed by atoms with E-state index < -0.39 is 41.3 Å². The molecule has 4 aliphatic heterocycles. The number of rotatable bonds is 2. The molecule has 0 N–H and O–H groups in total. The fraction of sp³-hybridized carbons (Fsp3) is 0.550. The number of carbonyl (C=O) groups is 3. The van der Waals surface area contributed by atoms with Crippen molar-refractivity contribution in [3.8, 4) is 0 Å². The summed E-state index contributed by atoms with van der Waals surface area (Å²) in [5.74, 6) is -1.40. The molecule has 0 spiro atoms. The molecule has 7 nitrogen and oxygen atoms in total. The van der Waals surface area contributed by atoms with E-state index in [0.717, 1.165) is 0 Å². The van der Waals surface area contributed by atoms with Gasteiger partial charge >= 0.3 is 11.9 Å². The van der Waals surface area contributed by atoms with Gasteiger partial charge in [0.2, 0.25) is 5.78 Å². The number of esters is 2. The molecule has 0 amide bonds. The lowest BCUT2D eigenvalue weighted by atomic mass is 9.83. The second-order valence-corrected chi connectivity index (χ2v) is 7.99. The van der Waals surface area contributed by atoms with E-state index in [1.165, 1.54) is 6.08 Å². The lowest BCUT2D eigenvalue weighted by Gasteiger charge is -2.29. The summed E-state index contributed by atoms with van der Waals surface area (Å²) in [7, 11) is 0. The van der Waals surface area contributed by atoms with Gasteiger partial charge in [0.1, 0.15) is 18.0 Å². The first kappa shape index (κ1) is 18.0. The highest BCUT2D eigenvalue weighted by Crippen LogP contribution is 2.44. The first-order valence-corrected chi connectivity index (χ1v) is 8.98. The zero-order valence-corrected chi connectivity index (χ0v) is 15.7. The van der Waals surface area contributed by atoms with Crippen molar-refractivity contribution >= 4 is 17.7 Å². The number of fused-ring (bicyclic) bond motifs is 3. The quantitative estimate of drug-likeness (QED) is 0.413. The molecule has 6 atom stereocenters. The van der Waals surface area contributed by atoms with Gasteiger partial charge in [0.25, 0.3) is 0 Å². The van der Waals surface area contributed by atoms with Gasteiger partial charge in [-0.2, -0.15) is 0 Å². The maximum atomic E-state index is 12.6.